The molecule has 1 nitrogen and oxygen atoms in total. The van der Waals surface area contributed by atoms with Crippen LogP contribution in [0.25, 0.3) is 32.9 Å². The molecular weight excluding hydrogens is 242 g/mol. The highest BCUT2D eigenvalue weighted by Crippen LogP contribution is 2.34. The van der Waals surface area contributed by atoms with E-state index in [1.54, 1.807) is 0 Å². The number of pyridine rings is 1. The van der Waals surface area contributed by atoms with Crippen molar-refractivity contribution in [3.05, 3.63) is 78.9 Å². The number of benzene rings is 3. The number of hydrogen-bond acceptors (Lipinski definition) is 1. The zero-order valence-electron chi connectivity index (χ0n) is 11.0. The molecule has 0 radical (unpaired) electrons. The number of aromatic nitrogens is 1. The molecule has 0 amide bonds. The summed E-state index contributed by atoms with van der Waals surface area (Å²) in [4.78, 5) is 4.76. The molecule has 0 saturated carbocycles. The molecule has 4 aromatic rings. The van der Waals surface area contributed by atoms with E-state index in [0.29, 0.717) is 0 Å². The fourth-order valence-electron chi connectivity index (χ4n) is 2.76. The lowest BCUT2D eigenvalue weighted by molar-refractivity contribution is 1.49. The third-order valence-electron chi connectivity index (χ3n) is 3.65. The molecule has 3 aromatic carbocycles. The van der Waals surface area contributed by atoms with Gasteiger partial charge in [0, 0.05) is 16.3 Å². The summed E-state index contributed by atoms with van der Waals surface area (Å²) in [6, 6.07) is 27.2. The Labute approximate surface area is 117 Å². The van der Waals surface area contributed by atoms with Crippen molar-refractivity contribution in [2.24, 2.45) is 0 Å². The van der Waals surface area contributed by atoms with Crippen LogP contribution in [0.1, 0.15) is 0 Å². The zero-order valence-corrected chi connectivity index (χ0v) is 11.0. The van der Waals surface area contributed by atoms with Crippen molar-refractivity contribution in [1.29, 1.82) is 0 Å². The lowest BCUT2D eigenvalue weighted by Gasteiger charge is -2.10. The SMILES string of the molecule is c1ccc(-c2c3ccccc3nc3ccccc23)cc1. The monoisotopic (exact) mass is 255 g/mol. The first-order valence-corrected chi connectivity index (χ1v) is 6.76. The van der Waals surface area contributed by atoms with Gasteiger partial charge in [-0.2, -0.15) is 0 Å². The summed E-state index contributed by atoms with van der Waals surface area (Å²) in [6.45, 7) is 0. The van der Waals surface area contributed by atoms with Crippen LogP contribution in [0.5, 0.6) is 0 Å². The molecule has 20 heavy (non-hydrogen) atoms. The fourth-order valence-corrected chi connectivity index (χ4v) is 2.76. The Balaban J connectivity index is 2.24. The van der Waals surface area contributed by atoms with Crippen LogP contribution in [0, 0.1) is 0 Å². The molecular formula is C19H13N. The van der Waals surface area contributed by atoms with E-state index in [2.05, 4.69) is 66.7 Å². The molecule has 0 aliphatic heterocycles. The second-order valence-electron chi connectivity index (χ2n) is 4.89. The Morgan fingerprint density at radius 2 is 1.00 bits per heavy atom. The highest BCUT2D eigenvalue weighted by atomic mass is 14.7. The summed E-state index contributed by atoms with van der Waals surface area (Å²) in [7, 11) is 0. The first kappa shape index (κ1) is 11.2. The molecule has 1 heterocycles. The molecule has 0 aliphatic rings. The maximum absolute atomic E-state index is 4.76. The normalized spacial score (nSPS) is 11.0. The molecule has 1 heteroatoms. The number of hydrogen-bond donors (Lipinski definition) is 0. The summed E-state index contributed by atoms with van der Waals surface area (Å²) in [5.41, 5.74) is 4.60. The van der Waals surface area contributed by atoms with Crippen molar-refractivity contribution in [2.45, 2.75) is 0 Å². The van der Waals surface area contributed by atoms with Gasteiger partial charge in [0.15, 0.2) is 0 Å². The average Bonchev–Trinajstić information content (AvgIpc) is 2.53. The van der Waals surface area contributed by atoms with Crippen LogP contribution in [0.4, 0.5) is 0 Å². The number of fused-ring (bicyclic) bond motifs is 2. The Morgan fingerprint density at radius 1 is 0.500 bits per heavy atom. The van der Waals surface area contributed by atoms with Gasteiger partial charge >= 0.3 is 0 Å². The third kappa shape index (κ3) is 1.68. The van der Waals surface area contributed by atoms with Crippen molar-refractivity contribution >= 4 is 21.8 Å². The molecule has 1 aromatic heterocycles. The lowest BCUT2D eigenvalue weighted by Crippen LogP contribution is -1.88. The van der Waals surface area contributed by atoms with Crippen LogP contribution in [-0.2, 0) is 0 Å². The smallest absolute Gasteiger partial charge is 0.0715 e. The minimum Gasteiger partial charge on any atom is -0.248 e. The van der Waals surface area contributed by atoms with Crippen molar-refractivity contribution in [3.8, 4) is 11.1 Å². The van der Waals surface area contributed by atoms with Crippen LogP contribution in [0.15, 0.2) is 78.9 Å². The van der Waals surface area contributed by atoms with Gasteiger partial charge in [-0.25, -0.2) is 4.98 Å². The van der Waals surface area contributed by atoms with Crippen molar-refractivity contribution in [1.82, 2.24) is 4.98 Å². The Hall–Kier alpha value is -2.67. The summed E-state index contributed by atoms with van der Waals surface area (Å²) < 4.78 is 0. The second kappa shape index (κ2) is 4.46. The van der Waals surface area contributed by atoms with E-state index < -0.39 is 0 Å². The van der Waals surface area contributed by atoms with Crippen molar-refractivity contribution in [2.75, 3.05) is 0 Å². The summed E-state index contributed by atoms with van der Waals surface area (Å²) in [5, 5.41) is 2.41. The van der Waals surface area contributed by atoms with E-state index in [1.165, 1.54) is 21.9 Å². The molecule has 0 saturated heterocycles. The van der Waals surface area contributed by atoms with Crippen LogP contribution < -0.4 is 0 Å². The number of rotatable bonds is 1. The van der Waals surface area contributed by atoms with Gasteiger partial charge in [-0.05, 0) is 17.7 Å². The number of nitrogens with zero attached hydrogens (tertiary/aromatic N) is 1. The largest absolute Gasteiger partial charge is 0.248 e. The van der Waals surface area contributed by atoms with E-state index in [1.807, 2.05) is 12.1 Å². The van der Waals surface area contributed by atoms with Crippen LogP contribution in [0.3, 0.4) is 0 Å². The predicted octanol–water partition coefficient (Wildman–Crippen LogP) is 5.06. The molecule has 4 rings (SSSR count). The van der Waals surface area contributed by atoms with E-state index in [0.717, 1.165) is 11.0 Å². The molecule has 0 N–H and O–H groups in total. The van der Waals surface area contributed by atoms with E-state index in [9.17, 15) is 0 Å². The Kier molecular flexibility index (Phi) is 2.49. The lowest BCUT2D eigenvalue weighted by atomic mass is 9.96. The third-order valence-corrected chi connectivity index (χ3v) is 3.65. The van der Waals surface area contributed by atoms with Crippen LogP contribution in [0.2, 0.25) is 0 Å². The maximum Gasteiger partial charge on any atom is 0.0715 e. The first-order chi connectivity index (χ1) is 9.93. The standard InChI is InChI=1S/C19H13N/c1-2-8-14(9-3-1)19-15-10-4-6-12-17(15)20-18-13-7-5-11-16(18)19/h1-13H. The van der Waals surface area contributed by atoms with Gasteiger partial charge in [0.2, 0.25) is 0 Å². The predicted molar refractivity (Wildman–Crippen MR) is 84.7 cm³/mol. The molecule has 94 valence electrons. The quantitative estimate of drug-likeness (QED) is 0.433. The van der Waals surface area contributed by atoms with E-state index in [4.69, 9.17) is 4.98 Å². The van der Waals surface area contributed by atoms with Gasteiger partial charge in [-0.3, -0.25) is 0 Å². The van der Waals surface area contributed by atoms with Gasteiger partial charge < -0.3 is 0 Å². The minimum atomic E-state index is 1.05. The minimum absolute atomic E-state index is 1.05. The Bertz CT molecular complexity index is 841. The highest BCUT2D eigenvalue weighted by molar-refractivity contribution is 6.09. The van der Waals surface area contributed by atoms with Crippen molar-refractivity contribution in [3.63, 3.8) is 0 Å². The molecule has 0 bridgehead atoms. The van der Waals surface area contributed by atoms with E-state index in [-0.39, 0.29) is 0 Å². The Morgan fingerprint density at radius 3 is 1.60 bits per heavy atom. The summed E-state index contributed by atoms with van der Waals surface area (Å²) >= 11 is 0. The van der Waals surface area contributed by atoms with Gasteiger partial charge in [-0.1, -0.05) is 66.7 Å². The number of para-hydroxylation sites is 2. The van der Waals surface area contributed by atoms with Crippen LogP contribution in [-0.4, -0.2) is 4.98 Å². The van der Waals surface area contributed by atoms with Gasteiger partial charge in [0.25, 0.3) is 0 Å². The van der Waals surface area contributed by atoms with E-state index >= 15 is 0 Å². The first-order valence-electron chi connectivity index (χ1n) is 6.76. The zero-order chi connectivity index (χ0) is 13.4. The molecule has 0 fully saturated rings. The molecule has 0 spiro atoms. The summed E-state index contributed by atoms with van der Waals surface area (Å²) in [6.07, 6.45) is 0. The van der Waals surface area contributed by atoms with Gasteiger partial charge in [0.05, 0.1) is 11.0 Å². The highest BCUT2D eigenvalue weighted by Gasteiger charge is 2.09. The molecule has 0 atom stereocenters. The summed E-state index contributed by atoms with van der Waals surface area (Å²) in [5.74, 6) is 0. The fraction of sp³-hybridized carbons (Fsp3) is 0. The van der Waals surface area contributed by atoms with Crippen molar-refractivity contribution < 1.29 is 0 Å². The second-order valence-corrected chi connectivity index (χ2v) is 4.89. The average molecular weight is 255 g/mol. The maximum atomic E-state index is 4.76. The molecule has 0 aliphatic carbocycles. The van der Waals surface area contributed by atoms with Crippen LogP contribution >= 0.6 is 0 Å². The topological polar surface area (TPSA) is 12.9 Å². The molecule has 0 unspecified atom stereocenters. The van der Waals surface area contributed by atoms with Gasteiger partial charge in [0.1, 0.15) is 0 Å². The van der Waals surface area contributed by atoms with Gasteiger partial charge in [-0.15, -0.1) is 0 Å².